The lowest BCUT2D eigenvalue weighted by Crippen LogP contribution is -2.48. The molecule has 1 fully saturated rings. The van der Waals surface area contributed by atoms with E-state index in [1.807, 2.05) is 12.5 Å². The van der Waals surface area contributed by atoms with E-state index < -0.39 is 5.82 Å². The van der Waals surface area contributed by atoms with Crippen LogP contribution in [-0.4, -0.2) is 70.4 Å². The molecule has 3 N–H and O–H groups in total. The predicted molar refractivity (Wildman–Crippen MR) is 97.6 cm³/mol. The molecular formula is C15H17BrFN7O3. The maximum atomic E-state index is 13.3. The van der Waals surface area contributed by atoms with Gasteiger partial charge in [-0.3, -0.25) is 16.0 Å². The van der Waals surface area contributed by atoms with Gasteiger partial charge < -0.3 is 9.80 Å². The van der Waals surface area contributed by atoms with E-state index in [1.54, 1.807) is 4.90 Å². The van der Waals surface area contributed by atoms with Gasteiger partial charge in [0, 0.05) is 26.2 Å². The van der Waals surface area contributed by atoms with Gasteiger partial charge >= 0.3 is 6.03 Å². The van der Waals surface area contributed by atoms with Crippen LogP contribution in [0.3, 0.4) is 0 Å². The van der Waals surface area contributed by atoms with Gasteiger partial charge in [-0.1, -0.05) is 0 Å². The number of aromatic nitrogens is 2. The first-order valence-corrected chi connectivity index (χ1v) is 8.78. The van der Waals surface area contributed by atoms with E-state index in [0.717, 1.165) is 13.1 Å². The van der Waals surface area contributed by atoms with Crippen LogP contribution in [0.2, 0.25) is 0 Å². The van der Waals surface area contributed by atoms with E-state index in [2.05, 4.69) is 46.1 Å². The van der Waals surface area contributed by atoms with E-state index in [1.165, 1.54) is 18.2 Å². The SMILES string of the molecule is CN1CCN(C(=O)Nc2nonc2C(=Nc2ccc(F)c(Br)c2)NO)CC1. The van der Waals surface area contributed by atoms with Crippen LogP contribution in [0, 0.1) is 5.82 Å². The van der Waals surface area contributed by atoms with E-state index in [4.69, 9.17) is 0 Å². The number of rotatable bonds is 3. The monoisotopic (exact) mass is 441 g/mol. The maximum absolute atomic E-state index is 13.3. The molecular weight excluding hydrogens is 425 g/mol. The van der Waals surface area contributed by atoms with Gasteiger partial charge in [0.2, 0.25) is 5.82 Å². The fraction of sp³-hybridized carbons (Fsp3) is 0.333. The summed E-state index contributed by atoms with van der Waals surface area (Å²) in [5.74, 6) is -0.570. The van der Waals surface area contributed by atoms with Gasteiger partial charge in [-0.15, -0.1) is 0 Å². The van der Waals surface area contributed by atoms with Crippen molar-refractivity contribution in [1.29, 1.82) is 0 Å². The van der Waals surface area contributed by atoms with E-state index in [9.17, 15) is 14.4 Å². The molecule has 3 rings (SSSR count). The molecule has 10 nitrogen and oxygen atoms in total. The number of carbonyl (C=O) groups excluding carboxylic acids is 1. The Morgan fingerprint density at radius 1 is 1.33 bits per heavy atom. The second-order valence-corrected chi connectivity index (χ2v) is 6.71. The van der Waals surface area contributed by atoms with Gasteiger partial charge in [0.15, 0.2) is 11.5 Å². The molecule has 2 amide bonds. The van der Waals surface area contributed by atoms with Gasteiger partial charge in [-0.25, -0.2) is 18.8 Å². The maximum Gasteiger partial charge on any atom is 0.323 e. The third kappa shape index (κ3) is 4.59. The molecule has 0 bridgehead atoms. The number of nitrogens with zero attached hydrogens (tertiary/aromatic N) is 5. The number of halogens is 2. The Bertz CT molecular complexity index is 852. The van der Waals surface area contributed by atoms with Crippen molar-refractivity contribution in [3.8, 4) is 0 Å². The summed E-state index contributed by atoms with van der Waals surface area (Å²) in [6.45, 7) is 2.68. The highest BCUT2D eigenvalue weighted by Gasteiger charge is 2.23. The molecule has 0 saturated carbocycles. The third-order valence-electron chi connectivity index (χ3n) is 3.98. The summed E-state index contributed by atoms with van der Waals surface area (Å²) < 4.78 is 18.2. The van der Waals surface area contributed by atoms with Crippen LogP contribution in [-0.2, 0) is 0 Å². The molecule has 2 aromatic rings. The molecule has 0 radical (unpaired) electrons. The lowest BCUT2D eigenvalue weighted by molar-refractivity contribution is 0.164. The standard InChI is InChI=1S/C15H17BrFN7O3/c1-23-4-6-24(7-5-23)15(25)19-14-12(21-27-22-14)13(20-26)18-9-2-3-11(17)10(16)8-9/h2-3,8,26H,4-7H2,1H3,(H,18,20)(H,19,22,25). The van der Waals surface area contributed by atoms with Gasteiger partial charge in [-0.2, -0.15) is 0 Å². The van der Waals surface area contributed by atoms with Gasteiger partial charge in [0.05, 0.1) is 10.2 Å². The van der Waals surface area contributed by atoms with Crippen molar-refractivity contribution in [3.05, 3.63) is 34.2 Å². The molecule has 27 heavy (non-hydrogen) atoms. The molecule has 1 aromatic heterocycles. The van der Waals surface area contributed by atoms with E-state index >= 15 is 0 Å². The highest BCUT2D eigenvalue weighted by Crippen LogP contribution is 2.23. The number of likely N-dealkylation sites (N-methyl/N-ethyl adjacent to an activating group) is 1. The molecule has 1 aliphatic rings. The number of anilines is 1. The van der Waals surface area contributed by atoms with Gasteiger partial charge in [0.1, 0.15) is 5.82 Å². The quantitative estimate of drug-likeness (QED) is 0.377. The first-order valence-electron chi connectivity index (χ1n) is 7.99. The van der Waals surface area contributed by atoms with Crippen molar-refractivity contribution in [2.45, 2.75) is 0 Å². The fourth-order valence-corrected chi connectivity index (χ4v) is 2.80. The number of amides is 2. The lowest BCUT2D eigenvalue weighted by Gasteiger charge is -2.32. The van der Waals surface area contributed by atoms with Gasteiger partial charge in [-0.05, 0) is 51.5 Å². The number of aliphatic imine (C=N–C) groups is 1. The molecule has 1 saturated heterocycles. The van der Waals surface area contributed by atoms with Crippen molar-refractivity contribution in [3.63, 3.8) is 0 Å². The molecule has 144 valence electrons. The summed E-state index contributed by atoms with van der Waals surface area (Å²) in [4.78, 5) is 20.3. The second kappa shape index (κ2) is 8.41. The highest BCUT2D eigenvalue weighted by molar-refractivity contribution is 9.10. The number of benzene rings is 1. The zero-order valence-corrected chi connectivity index (χ0v) is 15.9. The lowest BCUT2D eigenvalue weighted by atomic mass is 10.3. The molecule has 12 heteroatoms. The largest absolute Gasteiger partial charge is 0.323 e. The highest BCUT2D eigenvalue weighted by atomic mass is 79.9. The van der Waals surface area contributed by atoms with E-state index in [-0.39, 0.29) is 27.9 Å². The van der Waals surface area contributed by atoms with Crippen LogP contribution in [0.15, 0.2) is 32.3 Å². The van der Waals surface area contributed by atoms with Crippen molar-refractivity contribution >= 4 is 39.3 Å². The van der Waals surface area contributed by atoms with Crippen molar-refractivity contribution in [2.24, 2.45) is 4.99 Å². The molecule has 1 aliphatic heterocycles. The Labute approximate surface area is 162 Å². The molecule has 0 atom stereocenters. The van der Waals surface area contributed by atoms with E-state index in [0.29, 0.717) is 18.8 Å². The first kappa shape index (κ1) is 19.2. The minimum Gasteiger partial charge on any atom is -0.322 e. The average molecular weight is 442 g/mol. The number of hydrogen-bond donors (Lipinski definition) is 3. The summed E-state index contributed by atoms with van der Waals surface area (Å²) in [5.41, 5.74) is 2.23. The van der Waals surface area contributed by atoms with Crippen molar-refractivity contribution in [1.82, 2.24) is 25.6 Å². The fourth-order valence-electron chi connectivity index (χ4n) is 2.43. The van der Waals surface area contributed by atoms with Crippen molar-refractivity contribution < 1.29 is 19.0 Å². The summed E-state index contributed by atoms with van der Waals surface area (Å²) in [5, 5.41) is 19.3. The number of hydroxylamine groups is 1. The number of hydrogen-bond acceptors (Lipinski definition) is 7. The topological polar surface area (TPSA) is 119 Å². The zero-order chi connectivity index (χ0) is 19.4. The predicted octanol–water partition coefficient (Wildman–Crippen LogP) is 1.81. The zero-order valence-electron chi connectivity index (χ0n) is 14.3. The molecule has 0 spiro atoms. The summed E-state index contributed by atoms with van der Waals surface area (Å²) in [7, 11) is 1.98. The minimum absolute atomic E-state index is 0.000375. The molecule has 1 aromatic carbocycles. The van der Waals surface area contributed by atoms with Crippen LogP contribution in [0.5, 0.6) is 0 Å². The smallest absolute Gasteiger partial charge is 0.322 e. The van der Waals surface area contributed by atoms with Crippen LogP contribution in [0.25, 0.3) is 0 Å². The first-order chi connectivity index (χ1) is 13.0. The summed E-state index contributed by atoms with van der Waals surface area (Å²) in [6, 6.07) is 3.69. The Kier molecular flexibility index (Phi) is 5.98. The van der Waals surface area contributed by atoms with Gasteiger partial charge in [0.25, 0.3) is 0 Å². The molecule has 0 unspecified atom stereocenters. The Balaban J connectivity index is 1.78. The Morgan fingerprint density at radius 3 is 2.74 bits per heavy atom. The van der Waals surface area contributed by atoms with Crippen molar-refractivity contribution in [2.75, 3.05) is 38.5 Å². The molecule has 0 aliphatic carbocycles. The number of urea groups is 1. The Hall–Kier alpha value is -2.57. The normalized spacial score (nSPS) is 15.7. The van der Waals surface area contributed by atoms with Crippen LogP contribution < -0.4 is 10.8 Å². The summed E-state index contributed by atoms with van der Waals surface area (Å²) >= 11 is 3.06. The number of piperazine rings is 1. The Morgan fingerprint density at radius 2 is 2.07 bits per heavy atom. The van der Waals surface area contributed by atoms with Crippen LogP contribution in [0.1, 0.15) is 5.69 Å². The third-order valence-corrected chi connectivity index (χ3v) is 4.59. The number of amidine groups is 1. The summed E-state index contributed by atoms with van der Waals surface area (Å²) in [6.07, 6.45) is 0. The minimum atomic E-state index is -0.448. The van der Waals surface area contributed by atoms with Crippen LogP contribution in [0.4, 0.5) is 20.7 Å². The average Bonchev–Trinajstić information content (AvgIpc) is 3.11. The van der Waals surface area contributed by atoms with Crippen LogP contribution >= 0.6 is 15.9 Å². The number of carbonyl (C=O) groups is 1. The molecule has 2 heterocycles. The number of nitrogens with one attached hydrogen (secondary N) is 2. The second-order valence-electron chi connectivity index (χ2n) is 5.85.